The minimum Gasteiger partial charge on any atom is -0.383 e. The highest BCUT2D eigenvalue weighted by Gasteiger charge is 2.19. The zero-order chi connectivity index (χ0) is 13.1. The molecule has 1 fully saturated rings. The van der Waals surface area contributed by atoms with Crippen molar-refractivity contribution in [3.05, 3.63) is 11.9 Å². The van der Waals surface area contributed by atoms with Crippen LogP contribution in [0.15, 0.2) is 6.33 Å². The molecular formula is C12H19N5O. The number of aromatic nitrogens is 2. The van der Waals surface area contributed by atoms with Crippen LogP contribution in [0.1, 0.15) is 18.9 Å². The predicted octanol–water partition coefficient (Wildman–Crippen LogP) is 0.426. The number of nitrogens with two attached hydrogens (primary N) is 1. The summed E-state index contributed by atoms with van der Waals surface area (Å²) >= 11 is 0. The Hall–Kier alpha value is -1.85. The van der Waals surface area contributed by atoms with E-state index in [4.69, 9.17) is 5.73 Å². The third kappa shape index (κ3) is 2.52. The van der Waals surface area contributed by atoms with Crippen LogP contribution in [-0.4, -0.2) is 47.0 Å². The van der Waals surface area contributed by atoms with Crippen LogP contribution in [0.3, 0.4) is 0 Å². The van der Waals surface area contributed by atoms with Crippen molar-refractivity contribution in [1.29, 1.82) is 0 Å². The Balaban J connectivity index is 2.15. The van der Waals surface area contributed by atoms with E-state index in [9.17, 15) is 4.79 Å². The number of hydrogen-bond donors (Lipinski definition) is 1. The topological polar surface area (TPSA) is 75.4 Å². The van der Waals surface area contributed by atoms with E-state index in [0.29, 0.717) is 5.82 Å². The van der Waals surface area contributed by atoms with Gasteiger partial charge in [-0.15, -0.1) is 0 Å². The lowest BCUT2D eigenvalue weighted by Crippen LogP contribution is -2.34. The van der Waals surface area contributed by atoms with Crippen LogP contribution in [0.25, 0.3) is 0 Å². The summed E-state index contributed by atoms with van der Waals surface area (Å²) in [6.45, 7) is 6.77. The third-order valence-electron chi connectivity index (χ3n) is 3.34. The molecule has 0 aromatic carbocycles. The van der Waals surface area contributed by atoms with Gasteiger partial charge in [-0.25, -0.2) is 9.97 Å². The third-order valence-corrected chi connectivity index (χ3v) is 3.34. The number of rotatable bonds is 1. The fourth-order valence-electron chi connectivity index (χ4n) is 2.22. The van der Waals surface area contributed by atoms with Crippen LogP contribution in [0, 0.1) is 6.92 Å². The van der Waals surface area contributed by atoms with Gasteiger partial charge in [0, 0.05) is 38.7 Å². The summed E-state index contributed by atoms with van der Waals surface area (Å²) in [7, 11) is 0. The van der Waals surface area contributed by atoms with Crippen LogP contribution < -0.4 is 10.6 Å². The first kappa shape index (κ1) is 12.6. The van der Waals surface area contributed by atoms with Crippen molar-refractivity contribution in [2.45, 2.75) is 20.3 Å². The first-order chi connectivity index (χ1) is 8.59. The highest BCUT2D eigenvalue weighted by Crippen LogP contribution is 2.21. The normalized spacial score (nSPS) is 16.6. The number of anilines is 2. The molecule has 0 atom stereocenters. The van der Waals surface area contributed by atoms with Gasteiger partial charge < -0.3 is 15.5 Å². The predicted molar refractivity (Wildman–Crippen MR) is 70.3 cm³/mol. The second-order valence-electron chi connectivity index (χ2n) is 4.55. The van der Waals surface area contributed by atoms with Gasteiger partial charge in [0.15, 0.2) is 0 Å². The van der Waals surface area contributed by atoms with Gasteiger partial charge in [0.1, 0.15) is 18.0 Å². The molecule has 2 N–H and O–H groups in total. The Kier molecular flexibility index (Phi) is 3.64. The SMILES string of the molecule is CC(=O)N1CCCN(c2ncnc(N)c2C)CC1. The number of carbonyl (C=O) groups excluding carboxylic acids is 1. The van der Waals surface area contributed by atoms with Gasteiger partial charge in [-0.05, 0) is 13.3 Å². The smallest absolute Gasteiger partial charge is 0.219 e. The molecule has 0 bridgehead atoms. The molecule has 2 heterocycles. The van der Waals surface area contributed by atoms with E-state index in [1.165, 1.54) is 6.33 Å². The van der Waals surface area contributed by atoms with Gasteiger partial charge in [-0.3, -0.25) is 4.79 Å². The lowest BCUT2D eigenvalue weighted by atomic mass is 10.3. The molecule has 1 amide bonds. The quantitative estimate of drug-likeness (QED) is 0.781. The van der Waals surface area contributed by atoms with Crippen LogP contribution in [0.5, 0.6) is 0 Å². The van der Waals surface area contributed by atoms with E-state index in [0.717, 1.165) is 44.0 Å². The molecule has 1 aromatic heterocycles. The summed E-state index contributed by atoms with van der Waals surface area (Å²) in [5.74, 6) is 1.54. The van der Waals surface area contributed by atoms with Crippen molar-refractivity contribution in [2.75, 3.05) is 36.8 Å². The minimum atomic E-state index is 0.135. The molecule has 0 radical (unpaired) electrons. The molecule has 1 saturated heterocycles. The molecule has 98 valence electrons. The van der Waals surface area contributed by atoms with Crippen LogP contribution in [0.2, 0.25) is 0 Å². The molecule has 0 spiro atoms. The molecule has 6 nitrogen and oxygen atoms in total. The summed E-state index contributed by atoms with van der Waals surface area (Å²) < 4.78 is 0. The van der Waals surface area contributed by atoms with E-state index in [1.807, 2.05) is 11.8 Å². The largest absolute Gasteiger partial charge is 0.383 e. The molecular weight excluding hydrogens is 230 g/mol. The van der Waals surface area contributed by atoms with Crippen molar-refractivity contribution >= 4 is 17.5 Å². The average Bonchev–Trinajstić information content (AvgIpc) is 2.58. The van der Waals surface area contributed by atoms with Gasteiger partial charge in [0.2, 0.25) is 5.91 Å². The van der Waals surface area contributed by atoms with Crippen molar-refractivity contribution < 1.29 is 4.79 Å². The molecule has 1 aromatic rings. The maximum atomic E-state index is 11.4. The van der Waals surface area contributed by atoms with Gasteiger partial charge >= 0.3 is 0 Å². The fourth-order valence-corrected chi connectivity index (χ4v) is 2.22. The van der Waals surface area contributed by atoms with Gasteiger partial charge in [0.05, 0.1) is 0 Å². The molecule has 1 aliphatic heterocycles. The Bertz CT molecular complexity index is 448. The first-order valence-corrected chi connectivity index (χ1v) is 6.17. The Morgan fingerprint density at radius 2 is 2.06 bits per heavy atom. The number of amides is 1. The Morgan fingerprint density at radius 3 is 2.78 bits per heavy atom. The molecule has 18 heavy (non-hydrogen) atoms. The average molecular weight is 249 g/mol. The number of nitrogen functional groups attached to an aromatic ring is 1. The minimum absolute atomic E-state index is 0.135. The molecule has 0 unspecified atom stereocenters. The standard InChI is InChI=1S/C12H19N5O/c1-9-11(13)14-8-15-12(9)17-5-3-4-16(6-7-17)10(2)18/h8H,3-7H2,1-2H3,(H2,13,14,15). The zero-order valence-electron chi connectivity index (χ0n) is 10.9. The van der Waals surface area contributed by atoms with Crippen molar-refractivity contribution in [1.82, 2.24) is 14.9 Å². The van der Waals surface area contributed by atoms with Crippen LogP contribution in [-0.2, 0) is 4.79 Å². The molecule has 2 rings (SSSR count). The van der Waals surface area contributed by atoms with E-state index < -0.39 is 0 Å². The molecule has 0 saturated carbocycles. The van der Waals surface area contributed by atoms with E-state index in [1.54, 1.807) is 6.92 Å². The van der Waals surface area contributed by atoms with Crippen molar-refractivity contribution in [2.24, 2.45) is 0 Å². The monoisotopic (exact) mass is 249 g/mol. The summed E-state index contributed by atoms with van der Waals surface area (Å²) in [6, 6.07) is 0. The van der Waals surface area contributed by atoms with Crippen molar-refractivity contribution in [3.63, 3.8) is 0 Å². The van der Waals surface area contributed by atoms with E-state index in [2.05, 4.69) is 14.9 Å². The lowest BCUT2D eigenvalue weighted by molar-refractivity contribution is -0.128. The molecule has 1 aliphatic rings. The van der Waals surface area contributed by atoms with Crippen LogP contribution in [0.4, 0.5) is 11.6 Å². The Labute approximate surface area is 107 Å². The highest BCUT2D eigenvalue weighted by atomic mass is 16.2. The van der Waals surface area contributed by atoms with E-state index in [-0.39, 0.29) is 5.91 Å². The fraction of sp³-hybridized carbons (Fsp3) is 0.583. The maximum absolute atomic E-state index is 11.4. The summed E-state index contributed by atoms with van der Waals surface area (Å²) in [6.07, 6.45) is 2.44. The van der Waals surface area contributed by atoms with E-state index >= 15 is 0 Å². The summed E-state index contributed by atoms with van der Waals surface area (Å²) in [4.78, 5) is 23.7. The zero-order valence-corrected chi connectivity index (χ0v) is 10.9. The second-order valence-corrected chi connectivity index (χ2v) is 4.55. The van der Waals surface area contributed by atoms with Gasteiger partial charge in [-0.2, -0.15) is 0 Å². The first-order valence-electron chi connectivity index (χ1n) is 6.17. The molecule has 0 aliphatic carbocycles. The van der Waals surface area contributed by atoms with Gasteiger partial charge in [-0.1, -0.05) is 0 Å². The second kappa shape index (κ2) is 5.20. The molecule has 6 heteroatoms. The number of nitrogens with zero attached hydrogens (tertiary/aromatic N) is 4. The summed E-state index contributed by atoms with van der Waals surface area (Å²) in [5, 5.41) is 0. The van der Waals surface area contributed by atoms with Crippen LogP contribution >= 0.6 is 0 Å². The maximum Gasteiger partial charge on any atom is 0.219 e. The van der Waals surface area contributed by atoms with Gasteiger partial charge in [0.25, 0.3) is 0 Å². The number of carbonyl (C=O) groups is 1. The highest BCUT2D eigenvalue weighted by molar-refractivity contribution is 5.73. The number of hydrogen-bond acceptors (Lipinski definition) is 5. The Morgan fingerprint density at radius 1 is 1.28 bits per heavy atom. The summed E-state index contributed by atoms with van der Waals surface area (Å²) in [5.41, 5.74) is 6.71. The van der Waals surface area contributed by atoms with Crippen molar-refractivity contribution in [3.8, 4) is 0 Å². The lowest BCUT2D eigenvalue weighted by Gasteiger charge is -2.23.